The molecule has 164 valence electrons. The monoisotopic (exact) mass is 456 g/mol. The smallest absolute Gasteiger partial charge is 0.115 e. The molecule has 7 atom stereocenters. The molecular weight excluding hydrogens is 417 g/mol. The third-order valence-corrected chi connectivity index (χ3v) is 7.46. The second-order valence-corrected chi connectivity index (χ2v) is 14.3. The lowest BCUT2D eigenvalue weighted by Gasteiger charge is -2.25. The topological polar surface area (TPSA) is 49.7 Å². The predicted octanol–water partition coefficient (Wildman–Crippen LogP) is 6.70. The Morgan fingerprint density at radius 2 is 2.10 bits per heavy atom. The summed E-state index contributed by atoms with van der Waals surface area (Å²) in [7, 11) is 5.00. The third-order valence-electron chi connectivity index (χ3n) is 6.21. The number of benzene rings is 1. The molecule has 1 aliphatic rings. The fourth-order valence-corrected chi connectivity index (χ4v) is 6.25. The van der Waals surface area contributed by atoms with Gasteiger partial charge in [-0.1, -0.05) is 75.3 Å². The van der Waals surface area contributed by atoms with E-state index in [1.807, 2.05) is 12.1 Å². The average Bonchev–Trinajstić information content (AvgIpc) is 2.94. The van der Waals surface area contributed by atoms with Crippen LogP contribution in [0.5, 0.6) is 5.75 Å². The van der Waals surface area contributed by atoms with Crippen LogP contribution in [-0.4, -0.2) is 22.9 Å². The van der Waals surface area contributed by atoms with E-state index < -0.39 is 7.53 Å². The first kappa shape index (κ1) is 25.2. The molecule has 0 radical (unpaired) electrons. The number of aliphatic hydroxyl groups is 1. The van der Waals surface area contributed by atoms with E-state index in [-0.39, 0.29) is 12.7 Å². The molecule has 1 fully saturated rings. The van der Waals surface area contributed by atoms with Gasteiger partial charge < -0.3 is 14.7 Å². The molecule has 0 bridgehead atoms. The summed E-state index contributed by atoms with van der Waals surface area (Å²) in [5.41, 5.74) is 1.18. The number of hydrogen-bond donors (Lipinski definition) is 2. The molecular formula is C23H39O3P3. The van der Waals surface area contributed by atoms with E-state index in [4.69, 9.17) is 4.52 Å². The Labute approximate surface area is 183 Å². The first-order valence-electron chi connectivity index (χ1n) is 11.0. The van der Waals surface area contributed by atoms with E-state index >= 15 is 0 Å². The molecule has 1 saturated carbocycles. The quantitative estimate of drug-likeness (QED) is 0.209. The number of aromatic hydroxyl groups is 1. The van der Waals surface area contributed by atoms with Gasteiger partial charge in [-0.05, 0) is 67.1 Å². The minimum absolute atomic E-state index is 0.174. The largest absolute Gasteiger partial charge is 0.508 e. The van der Waals surface area contributed by atoms with Crippen LogP contribution in [0.3, 0.4) is 0 Å². The van der Waals surface area contributed by atoms with Crippen LogP contribution in [0.2, 0.25) is 0 Å². The highest BCUT2D eigenvalue weighted by Gasteiger charge is 2.39. The molecule has 1 aromatic rings. The van der Waals surface area contributed by atoms with Gasteiger partial charge in [-0.15, -0.1) is 0 Å². The summed E-state index contributed by atoms with van der Waals surface area (Å²) >= 11 is 0. The number of rotatable bonds is 12. The normalized spacial score (nSPS) is 25.9. The van der Waals surface area contributed by atoms with Crippen molar-refractivity contribution < 1.29 is 14.7 Å². The lowest BCUT2D eigenvalue weighted by Crippen LogP contribution is -2.19. The zero-order chi connectivity index (χ0) is 21.2. The molecule has 3 nitrogen and oxygen atoms in total. The SMILES string of the molecule is CCCCC[C@@H](/C=C/[C@@H]1[C@@H](Cc2cccc(O)c2)[C@@H](CCO)C[C@H]1C)OP(P)P. The minimum atomic E-state index is -0.543. The molecule has 0 aliphatic heterocycles. The summed E-state index contributed by atoms with van der Waals surface area (Å²) in [4.78, 5) is 0. The molecule has 1 aliphatic carbocycles. The molecule has 2 unspecified atom stereocenters. The van der Waals surface area contributed by atoms with Crippen molar-refractivity contribution in [1.29, 1.82) is 0 Å². The molecule has 0 amide bonds. The Morgan fingerprint density at radius 3 is 2.76 bits per heavy atom. The summed E-state index contributed by atoms with van der Waals surface area (Å²) < 4.78 is 6.17. The predicted molar refractivity (Wildman–Crippen MR) is 132 cm³/mol. The molecule has 6 heteroatoms. The third kappa shape index (κ3) is 8.55. The number of phenols is 1. The van der Waals surface area contributed by atoms with Crippen molar-refractivity contribution in [2.45, 2.75) is 64.9 Å². The van der Waals surface area contributed by atoms with Gasteiger partial charge in [-0.25, -0.2) is 0 Å². The van der Waals surface area contributed by atoms with Gasteiger partial charge in [0.2, 0.25) is 0 Å². The maximum atomic E-state index is 9.86. The van der Waals surface area contributed by atoms with Gasteiger partial charge in [-0.2, -0.15) is 0 Å². The summed E-state index contributed by atoms with van der Waals surface area (Å²) in [6.07, 6.45) is 12.6. The van der Waals surface area contributed by atoms with Crippen LogP contribution in [0, 0.1) is 23.7 Å². The number of unbranched alkanes of at least 4 members (excludes halogenated alkanes) is 2. The van der Waals surface area contributed by atoms with Gasteiger partial charge in [-0.3, -0.25) is 0 Å². The Kier molecular flexibility index (Phi) is 11.7. The molecule has 29 heavy (non-hydrogen) atoms. The van der Waals surface area contributed by atoms with Gasteiger partial charge in [0.05, 0.1) is 13.6 Å². The average molecular weight is 456 g/mol. The lowest BCUT2D eigenvalue weighted by molar-refractivity contribution is 0.225. The number of hydrogen-bond acceptors (Lipinski definition) is 3. The van der Waals surface area contributed by atoms with E-state index in [0.29, 0.717) is 29.4 Å². The summed E-state index contributed by atoms with van der Waals surface area (Å²) in [6, 6.07) is 7.64. The summed E-state index contributed by atoms with van der Waals surface area (Å²) in [5.74, 6) is 2.41. The molecule has 0 heterocycles. The zero-order valence-corrected chi connectivity index (χ0v) is 21.1. The molecule has 1 aromatic carbocycles. The Bertz CT molecular complexity index is 623. The number of allylic oxidation sites excluding steroid dienone is 1. The maximum Gasteiger partial charge on any atom is 0.115 e. The van der Waals surface area contributed by atoms with Gasteiger partial charge in [0.15, 0.2) is 0 Å². The van der Waals surface area contributed by atoms with E-state index in [9.17, 15) is 10.2 Å². The van der Waals surface area contributed by atoms with Crippen molar-refractivity contribution >= 4 is 25.4 Å². The minimum Gasteiger partial charge on any atom is -0.508 e. The molecule has 0 spiro atoms. The molecule has 0 aromatic heterocycles. The van der Waals surface area contributed by atoms with Crippen LogP contribution in [0.25, 0.3) is 0 Å². The van der Waals surface area contributed by atoms with E-state index in [2.05, 4.69) is 49.9 Å². The van der Waals surface area contributed by atoms with E-state index in [1.54, 1.807) is 6.07 Å². The summed E-state index contributed by atoms with van der Waals surface area (Å²) in [6.45, 7) is 4.82. The van der Waals surface area contributed by atoms with Crippen molar-refractivity contribution in [2.75, 3.05) is 6.61 Å². The van der Waals surface area contributed by atoms with Crippen molar-refractivity contribution in [2.24, 2.45) is 23.7 Å². The Balaban J connectivity index is 2.14. The highest BCUT2D eigenvalue weighted by atomic mass is 32.4. The van der Waals surface area contributed by atoms with E-state index in [0.717, 1.165) is 25.7 Å². The highest BCUT2D eigenvalue weighted by molar-refractivity contribution is 8.41. The van der Waals surface area contributed by atoms with Crippen LogP contribution >= 0.6 is 25.4 Å². The standard InChI is InChI=1S/C23H39O3P3/c1-3-4-5-9-21(26-29(27)28)10-11-22-17(2)14-19(12-13-24)23(22)16-18-7-6-8-20(25)15-18/h6-8,10-11,15,17,19,21-25H,3-5,9,12-14,16,27-28H2,1-2H3/b11-10+/t17-,19+,21+,22+,23+/m1/s1. The van der Waals surface area contributed by atoms with Crippen molar-refractivity contribution in [3.8, 4) is 5.75 Å². The Morgan fingerprint density at radius 1 is 1.31 bits per heavy atom. The van der Waals surface area contributed by atoms with Gasteiger partial charge in [0, 0.05) is 6.61 Å². The van der Waals surface area contributed by atoms with Crippen molar-refractivity contribution in [1.82, 2.24) is 0 Å². The number of phenolic OH excluding ortho intramolecular Hbond substituents is 1. The van der Waals surface area contributed by atoms with Gasteiger partial charge in [0.1, 0.15) is 5.75 Å². The fraction of sp³-hybridized carbons (Fsp3) is 0.652. The Hall–Kier alpha value is -0.0300. The maximum absolute atomic E-state index is 9.86. The second-order valence-electron chi connectivity index (χ2n) is 8.49. The number of aliphatic hydroxyl groups excluding tert-OH is 1. The van der Waals surface area contributed by atoms with E-state index in [1.165, 1.54) is 24.8 Å². The first-order valence-corrected chi connectivity index (χ1v) is 15.5. The molecule has 0 saturated heterocycles. The van der Waals surface area contributed by atoms with Crippen LogP contribution in [0.15, 0.2) is 36.4 Å². The van der Waals surface area contributed by atoms with Gasteiger partial charge >= 0.3 is 0 Å². The van der Waals surface area contributed by atoms with Crippen LogP contribution < -0.4 is 0 Å². The molecule has 2 rings (SSSR count). The zero-order valence-electron chi connectivity index (χ0n) is 17.9. The van der Waals surface area contributed by atoms with Crippen LogP contribution in [-0.2, 0) is 10.9 Å². The first-order chi connectivity index (χ1) is 13.9. The van der Waals surface area contributed by atoms with Crippen molar-refractivity contribution in [3.05, 3.63) is 42.0 Å². The summed E-state index contributed by atoms with van der Waals surface area (Å²) in [5, 5.41) is 19.4. The van der Waals surface area contributed by atoms with Crippen LogP contribution in [0.4, 0.5) is 0 Å². The van der Waals surface area contributed by atoms with Crippen molar-refractivity contribution in [3.63, 3.8) is 0 Å². The van der Waals surface area contributed by atoms with Crippen LogP contribution in [0.1, 0.15) is 57.9 Å². The highest BCUT2D eigenvalue weighted by Crippen LogP contribution is 2.55. The lowest BCUT2D eigenvalue weighted by atomic mass is 9.81. The fourth-order valence-electron chi connectivity index (χ4n) is 4.82. The second kappa shape index (κ2) is 13.4. The molecule has 2 N–H and O–H groups in total. The van der Waals surface area contributed by atoms with Gasteiger partial charge in [0.25, 0.3) is 0 Å².